The van der Waals surface area contributed by atoms with Crippen LogP contribution in [0.25, 0.3) is 0 Å². The van der Waals surface area contributed by atoms with Crippen LogP contribution in [0.3, 0.4) is 0 Å². The Labute approximate surface area is 242 Å². The van der Waals surface area contributed by atoms with Gasteiger partial charge >= 0.3 is 5.92 Å². The Morgan fingerprint density at radius 3 is 2.57 bits per heavy atom. The first-order valence-corrected chi connectivity index (χ1v) is 14.2. The highest BCUT2D eigenvalue weighted by Gasteiger charge is 2.48. The quantitative estimate of drug-likeness (QED) is 0.425. The molecule has 1 aromatic carbocycles. The number of halogens is 3. The predicted octanol–water partition coefficient (Wildman–Crippen LogP) is 2.92. The number of benzene rings is 1. The van der Waals surface area contributed by atoms with Crippen LogP contribution in [-0.2, 0) is 4.79 Å². The largest absolute Gasteiger partial charge is 0.497 e. The average Bonchev–Trinajstić information content (AvgIpc) is 3.50. The molecule has 1 aromatic heterocycles. The highest BCUT2D eigenvalue weighted by atomic mass is 19.3. The van der Waals surface area contributed by atoms with Gasteiger partial charge in [-0.2, -0.15) is 13.8 Å². The van der Waals surface area contributed by atoms with Crippen LogP contribution < -0.4 is 25.2 Å². The molecule has 3 aliphatic rings. The molecule has 5 rings (SSSR count). The fraction of sp³-hybridized carbons (Fsp3) is 0.571. The first kappa shape index (κ1) is 29.8. The van der Waals surface area contributed by atoms with Gasteiger partial charge in [-0.25, -0.2) is 9.37 Å². The van der Waals surface area contributed by atoms with Crippen molar-refractivity contribution in [3.05, 3.63) is 29.7 Å². The fourth-order valence-corrected chi connectivity index (χ4v) is 5.90. The average molecular weight is 592 g/mol. The minimum absolute atomic E-state index is 0.0652. The van der Waals surface area contributed by atoms with E-state index in [2.05, 4.69) is 25.5 Å². The van der Waals surface area contributed by atoms with E-state index in [4.69, 9.17) is 9.84 Å². The van der Waals surface area contributed by atoms with Crippen molar-refractivity contribution >= 4 is 35.0 Å². The molecule has 2 fully saturated rings. The first-order valence-electron chi connectivity index (χ1n) is 14.2. The minimum Gasteiger partial charge on any atom is -0.497 e. The number of likely N-dealkylation sites (tertiary alicyclic amines) is 1. The lowest BCUT2D eigenvalue weighted by molar-refractivity contribution is -0.140. The zero-order valence-corrected chi connectivity index (χ0v) is 23.7. The van der Waals surface area contributed by atoms with Crippen molar-refractivity contribution in [3.63, 3.8) is 0 Å². The Morgan fingerprint density at radius 2 is 1.90 bits per heavy atom. The molecule has 3 N–H and O–H groups in total. The van der Waals surface area contributed by atoms with E-state index in [0.29, 0.717) is 45.3 Å². The Hall–Kier alpha value is -3.65. The van der Waals surface area contributed by atoms with Crippen molar-refractivity contribution in [3.8, 4) is 5.75 Å². The van der Waals surface area contributed by atoms with Gasteiger partial charge < -0.3 is 35.2 Å². The molecule has 2 aromatic rings. The third kappa shape index (κ3) is 6.09. The van der Waals surface area contributed by atoms with Crippen molar-refractivity contribution in [1.29, 1.82) is 0 Å². The number of hydrogen-bond acceptors (Lipinski definition) is 9. The number of nitrogens with one attached hydrogen (secondary N) is 2. The Kier molecular flexibility index (Phi) is 8.73. The van der Waals surface area contributed by atoms with Crippen molar-refractivity contribution < 1.29 is 32.6 Å². The normalized spacial score (nSPS) is 19.9. The van der Waals surface area contributed by atoms with Gasteiger partial charge in [-0.3, -0.25) is 9.59 Å². The van der Waals surface area contributed by atoms with Crippen molar-refractivity contribution in [2.75, 3.05) is 62.1 Å². The lowest BCUT2D eigenvalue weighted by Crippen LogP contribution is -2.48. The molecule has 2 amide bonds. The second-order valence-corrected chi connectivity index (χ2v) is 11.0. The highest BCUT2D eigenvalue weighted by molar-refractivity contribution is 6.02. The summed E-state index contributed by atoms with van der Waals surface area (Å²) in [5, 5.41) is 14.8. The van der Waals surface area contributed by atoms with Gasteiger partial charge in [0.1, 0.15) is 11.4 Å². The first-order chi connectivity index (χ1) is 20.1. The highest BCUT2D eigenvalue weighted by Crippen LogP contribution is 2.40. The number of rotatable bonds is 8. The lowest BCUT2D eigenvalue weighted by atomic mass is 10.0. The van der Waals surface area contributed by atoms with E-state index in [1.807, 2.05) is 0 Å². The van der Waals surface area contributed by atoms with Crippen LogP contribution in [0.4, 0.5) is 36.3 Å². The van der Waals surface area contributed by atoms with Crippen LogP contribution in [0.15, 0.2) is 18.3 Å². The maximum atomic E-state index is 15.8. The molecule has 42 heavy (non-hydrogen) atoms. The number of aromatic nitrogens is 2. The molecule has 1 saturated carbocycles. The number of anilines is 4. The Balaban J connectivity index is 1.41. The van der Waals surface area contributed by atoms with E-state index in [9.17, 15) is 18.4 Å². The number of carbonyl (C=O) groups excluding carboxylic acids is 2. The topological polar surface area (TPSA) is 123 Å². The Bertz CT molecular complexity index is 1320. The number of fused-ring (bicyclic) bond motifs is 1. The van der Waals surface area contributed by atoms with Crippen molar-refractivity contribution in [2.24, 2.45) is 0 Å². The van der Waals surface area contributed by atoms with Crippen molar-refractivity contribution in [1.82, 2.24) is 20.2 Å². The van der Waals surface area contributed by atoms with Gasteiger partial charge in [0.05, 0.1) is 37.7 Å². The van der Waals surface area contributed by atoms with E-state index in [-0.39, 0.29) is 53.1 Å². The number of aliphatic hydroxyl groups excluding tert-OH is 1. The molecule has 3 heterocycles. The molecule has 0 radical (unpaired) electrons. The molecule has 0 bridgehead atoms. The van der Waals surface area contributed by atoms with Gasteiger partial charge in [-0.15, -0.1) is 0 Å². The molecule has 1 saturated heterocycles. The molecule has 1 aliphatic carbocycles. The smallest absolute Gasteiger partial charge is 0.342 e. The summed E-state index contributed by atoms with van der Waals surface area (Å²) in [4.78, 5) is 38.7. The maximum absolute atomic E-state index is 15.8. The number of nitrogens with zero attached hydrogens (tertiary/aromatic N) is 5. The Morgan fingerprint density at radius 1 is 1.19 bits per heavy atom. The summed E-state index contributed by atoms with van der Waals surface area (Å²) in [6.07, 6.45) is 5.72. The number of carbonyl (C=O) groups is 2. The van der Waals surface area contributed by atoms with Gasteiger partial charge in [-0.05, 0) is 31.7 Å². The predicted molar refractivity (Wildman–Crippen MR) is 150 cm³/mol. The number of aliphatic hydroxyl groups is 1. The fourth-order valence-electron chi connectivity index (χ4n) is 5.90. The molecular weight excluding hydrogens is 555 g/mol. The molecule has 14 heteroatoms. The lowest BCUT2D eigenvalue weighted by Gasteiger charge is -2.31. The number of β-amino-alcohol motifs (C(OH)–C–C–N with tert-alkyl or cyclic N) is 1. The summed E-state index contributed by atoms with van der Waals surface area (Å²) in [6, 6.07) is 2.28. The molecule has 0 unspecified atom stereocenters. The van der Waals surface area contributed by atoms with Crippen LogP contribution in [0.1, 0.15) is 48.9 Å². The summed E-state index contributed by atoms with van der Waals surface area (Å²) >= 11 is 0. The van der Waals surface area contributed by atoms with Gasteiger partial charge in [0, 0.05) is 44.8 Å². The third-order valence-electron chi connectivity index (χ3n) is 8.25. The van der Waals surface area contributed by atoms with E-state index in [1.54, 1.807) is 0 Å². The maximum Gasteiger partial charge on any atom is 0.342 e. The molecule has 11 nitrogen and oxygen atoms in total. The monoisotopic (exact) mass is 591 g/mol. The molecule has 2 aliphatic heterocycles. The standard InChI is InChI=1S/C28H36F3N7O4/c1-36-22-15-32-27(35-24(22)38(18-5-3-4-6-18)16-28(30,31)26(36)41)34-21-14-19(42-2)13-20(23(21)29)25(40)33-17-7-9-37(10-8-17)11-12-39/h13-15,17-18,39H,3-12,16H2,1-2H3,(H,33,40)(H,32,34,35). The molecular formula is C28H36F3N7O4. The number of alkyl halides is 2. The molecule has 0 atom stereocenters. The summed E-state index contributed by atoms with van der Waals surface area (Å²) in [7, 11) is 2.65. The molecule has 0 spiro atoms. The number of hydrogen-bond donors (Lipinski definition) is 3. The van der Waals surface area contributed by atoms with Gasteiger partial charge in [0.25, 0.3) is 11.8 Å². The van der Waals surface area contributed by atoms with Crippen LogP contribution >= 0.6 is 0 Å². The van der Waals surface area contributed by atoms with Crippen molar-refractivity contribution in [2.45, 2.75) is 56.5 Å². The van der Waals surface area contributed by atoms with Crippen LogP contribution in [0, 0.1) is 5.82 Å². The number of ether oxygens (including phenoxy) is 1. The number of amides is 2. The van der Waals surface area contributed by atoms with Gasteiger partial charge in [-0.1, -0.05) is 12.8 Å². The second-order valence-electron chi connectivity index (χ2n) is 11.0. The molecule has 228 valence electrons. The SMILES string of the molecule is COc1cc(Nc2ncc3c(n2)N(C2CCCC2)CC(F)(F)C(=O)N3C)c(F)c(C(=O)NC2CCN(CCO)CC2)c1. The summed E-state index contributed by atoms with van der Waals surface area (Å²) in [5.74, 6) is -6.14. The summed E-state index contributed by atoms with van der Waals surface area (Å²) in [5.41, 5.74) is -0.235. The second kappa shape index (κ2) is 12.3. The summed E-state index contributed by atoms with van der Waals surface area (Å²) < 4.78 is 50.9. The van der Waals surface area contributed by atoms with Gasteiger partial charge in [0.15, 0.2) is 11.6 Å². The number of piperidine rings is 1. The van der Waals surface area contributed by atoms with E-state index < -0.39 is 30.1 Å². The van der Waals surface area contributed by atoms with Crippen LogP contribution in [0.2, 0.25) is 0 Å². The minimum atomic E-state index is -3.62. The summed E-state index contributed by atoms with van der Waals surface area (Å²) in [6.45, 7) is 1.23. The van der Waals surface area contributed by atoms with Gasteiger partial charge in [0.2, 0.25) is 5.95 Å². The van der Waals surface area contributed by atoms with E-state index in [1.165, 1.54) is 37.4 Å². The van der Waals surface area contributed by atoms with Crippen LogP contribution in [0.5, 0.6) is 5.75 Å². The number of methoxy groups -OCH3 is 1. The third-order valence-corrected chi connectivity index (χ3v) is 8.25. The zero-order chi connectivity index (χ0) is 30.0. The van der Waals surface area contributed by atoms with Crippen LogP contribution in [-0.4, -0.2) is 96.7 Å². The zero-order valence-electron chi connectivity index (χ0n) is 23.7. The van der Waals surface area contributed by atoms with E-state index in [0.717, 1.165) is 17.7 Å². The van der Waals surface area contributed by atoms with E-state index >= 15 is 4.39 Å².